The Kier molecular flexibility index (Phi) is 4.84. The van der Waals surface area contributed by atoms with Gasteiger partial charge in [-0.3, -0.25) is 10.2 Å². The van der Waals surface area contributed by atoms with Crippen molar-refractivity contribution in [3.8, 4) is 0 Å². The van der Waals surface area contributed by atoms with Crippen LogP contribution in [0, 0.1) is 5.41 Å². The second kappa shape index (κ2) is 6.35. The molecule has 0 saturated carbocycles. The minimum Gasteiger partial charge on any atom is -0.365 e. The molecule has 9 heteroatoms. The molecule has 1 heterocycles. The number of hydrogen-bond acceptors (Lipinski definition) is 4. The third-order valence-corrected chi connectivity index (χ3v) is 5.08. The van der Waals surface area contributed by atoms with Crippen molar-refractivity contribution in [2.24, 2.45) is 5.73 Å². The molecule has 0 atom stereocenters. The van der Waals surface area contributed by atoms with Gasteiger partial charge < -0.3 is 10.3 Å². The van der Waals surface area contributed by atoms with Crippen LogP contribution in [0.1, 0.15) is 15.9 Å². The lowest BCUT2D eigenvalue weighted by Gasteiger charge is -2.13. The number of halogens is 2. The monoisotopic (exact) mass is 373 g/mol. The molecule has 2 aromatic rings. The Labute approximate surface area is 142 Å². The number of nitrogens with two attached hydrogens (primary N) is 1. The van der Waals surface area contributed by atoms with Crippen LogP contribution in [0.2, 0.25) is 10.0 Å². The second-order valence-corrected chi connectivity index (χ2v) is 7.71. The summed E-state index contributed by atoms with van der Waals surface area (Å²) < 4.78 is 25.3. The number of sulfone groups is 1. The Morgan fingerprint density at radius 1 is 1.30 bits per heavy atom. The fourth-order valence-electron chi connectivity index (χ4n) is 2.10. The molecule has 0 aliphatic rings. The maximum atomic E-state index is 11.9. The molecule has 0 spiro atoms. The highest BCUT2D eigenvalue weighted by Gasteiger charge is 2.17. The van der Waals surface area contributed by atoms with Gasteiger partial charge in [0.05, 0.1) is 27.0 Å². The molecule has 0 radical (unpaired) electrons. The predicted molar refractivity (Wildman–Crippen MR) is 87.5 cm³/mol. The second-order valence-electron chi connectivity index (χ2n) is 4.91. The average molecular weight is 374 g/mol. The molecule has 122 valence electrons. The first-order valence-corrected chi connectivity index (χ1v) is 8.98. The first kappa shape index (κ1) is 17.5. The van der Waals surface area contributed by atoms with Crippen molar-refractivity contribution in [2.75, 3.05) is 6.26 Å². The number of hydrogen-bond donors (Lipinski definition) is 2. The molecule has 3 N–H and O–H groups in total. The van der Waals surface area contributed by atoms with Crippen molar-refractivity contribution < 1.29 is 13.2 Å². The topological polar surface area (TPSA) is 106 Å². The van der Waals surface area contributed by atoms with Gasteiger partial charge in [0.2, 0.25) is 0 Å². The molecule has 1 aromatic carbocycles. The fraction of sp³-hybridized carbons (Fsp3) is 0.143. The summed E-state index contributed by atoms with van der Waals surface area (Å²) in [5.41, 5.74) is 5.49. The van der Waals surface area contributed by atoms with E-state index < -0.39 is 15.7 Å². The summed E-state index contributed by atoms with van der Waals surface area (Å²) in [6.07, 6.45) is 2.60. The van der Waals surface area contributed by atoms with Gasteiger partial charge in [0.25, 0.3) is 5.91 Å². The molecule has 0 aliphatic carbocycles. The summed E-state index contributed by atoms with van der Waals surface area (Å²) in [7, 11) is -3.54. The zero-order valence-corrected chi connectivity index (χ0v) is 14.3. The zero-order valence-electron chi connectivity index (χ0n) is 12.0. The molecule has 0 fully saturated rings. The van der Waals surface area contributed by atoms with Crippen LogP contribution in [0.4, 0.5) is 0 Å². The van der Waals surface area contributed by atoms with Crippen molar-refractivity contribution in [3.05, 3.63) is 57.1 Å². The summed E-state index contributed by atoms with van der Waals surface area (Å²) in [6.45, 7) is 0.0270. The molecule has 1 amide bonds. The maximum absolute atomic E-state index is 11.9. The van der Waals surface area contributed by atoms with Gasteiger partial charge in [0.1, 0.15) is 5.49 Å². The van der Waals surface area contributed by atoms with Gasteiger partial charge in [0, 0.05) is 12.5 Å². The van der Waals surface area contributed by atoms with Gasteiger partial charge >= 0.3 is 0 Å². The smallest absolute Gasteiger partial charge is 0.252 e. The zero-order chi connectivity index (χ0) is 17.4. The van der Waals surface area contributed by atoms with E-state index >= 15 is 0 Å². The highest BCUT2D eigenvalue weighted by atomic mass is 35.5. The van der Waals surface area contributed by atoms with Gasteiger partial charge in [-0.15, -0.1) is 0 Å². The van der Waals surface area contributed by atoms with Crippen molar-refractivity contribution in [1.82, 2.24) is 4.57 Å². The maximum Gasteiger partial charge on any atom is 0.252 e. The average Bonchev–Trinajstić information content (AvgIpc) is 2.43. The van der Waals surface area contributed by atoms with E-state index in [2.05, 4.69) is 0 Å². The Morgan fingerprint density at radius 3 is 2.48 bits per heavy atom. The van der Waals surface area contributed by atoms with Crippen LogP contribution in [0.5, 0.6) is 0 Å². The first-order valence-electron chi connectivity index (χ1n) is 6.33. The van der Waals surface area contributed by atoms with Crippen molar-refractivity contribution in [3.63, 3.8) is 0 Å². The van der Waals surface area contributed by atoms with E-state index in [1.54, 1.807) is 12.3 Å². The van der Waals surface area contributed by atoms with Gasteiger partial charge in [-0.2, -0.15) is 0 Å². The van der Waals surface area contributed by atoms with Crippen LogP contribution in [0.3, 0.4) is 0 Å². The number of carbonyl (C=O) groups is 1. The summed E-state index contributed by atoms with van der Waals surface area (Å²) in [6, 6.07) is 5.68. The van der Waals surface area contributed by atoms with E-state index in [4.69, 9.17) is 34.3 Å². The molecule has 6 nitrogen and oxygen atoms in total. The number of pyridine rings is 1. The predicted octanol–water partition coefficient (Wildman–Crippen LogP) is 1.83. The molecule has 0 aliphatic heterocycles. The number of benzene rings is 1. The number of nitrogens with zero attached hydrogens (tertiary/aromatic N) is 1. The van der Waals surface area contributed by atoms with Gasteiger partial charge in [-0.1, -0.05) is 23.2 Å². The van der Waals surface area contributed by atoms with Crippen LogP contribution in [-0.4, -0.2) is 25.1 Å². The first-order chi connectivity index (χ1) is 10.6. The Bertz CT molecular complexity index is 952. The Balaban J connectivity index is 2.62. The molecule has 0 unspecified atom stereocenters. The molecular formula is C14H13Cl2N3O3S. The van der Waals surface area contributed by atoms with E-state index in [-0.39, 0.29) is 32.5 Å². The van der Waals surface area contributed by atoms with Crippen molar-refractivity contribution in [2.45, 2.75) is 11.4 Å². The molecule has 1 aromatic heterocycles. The third-order valence-electron chi connectivity index (χ3n) is 3.18. The van der Waals surface area contributed by atoms with Gasteiger partial charge in [0.15, 0.2) is 9.84 Å². The van der Waals surface area contributed by atoms with Gasteiger partial charge in [-0.25, -0.2) is 8.42 Å². The number of rotatable bonds is 4. The molecule has 23 heavy (non-hydrogen) atoms. The SMILES string of the molecule is CS(=O)(=O)c1cc(Cl)c(Cl)cc1Cn1cccc(C(N)=O)c1=N. The third kappa shape index (κ3) is 3.74. The minimum atomic E-state index is -3.54. The van der Waals surface area contributed by atoms with Crippen molar-refractivity contribution in [1.29, 1.82) is 5.41 Å². The van der Waals surface area contributed by atoms with E-state index in [0.29, 0.717) is 5.56 Å². The lowest BCUT2D eigenvalue weighted by molar-refractivity contribution is 0.0997. The van der Waals surface area contributed by atoms with E-state index in [1.165, 1.54) is 22.8 Å². The number of nitrogens with one attached hydrogen (secondary N) is 1. The molecular weight excluding hydrogens is 361 g/mol. The quantitative estimate of drug-likeness (QED) is 0.853. The Hall–Kier alpha value is -1.83. The highest BCUT2D eigenvalue weighted by Crippen LogP contribution is 2.29. The number of primary amides is 1. The summed E-state index contributed by atoms with van der Waals surface area (Å²) >= 11 is 11.9. The fourth-order valence-corrected chi connectivity index (χ4v) is 3.45. The summed E-state index contributed by atoms with van der Waals surface area (Å²) in [4.78, 5) is 11.3. The summed E-state index contributed by atoms with van der Waals surface area (Å²) in [5.74, 6) is -0.734. The standard InChI is InChI=1S/C14H13Cl2N3O3S/c1-23(21,22)12-6-11(16)10(15)5-8(12)7-19-4-2-3-9(13(19)17)14(18)20/h2-6,17H,7H2,1H3,(H2,18,20). The Morgan fingerprint density at radius 2 is 1.91 bits per heavy atom. The largest absolute Gasteiger partial charge is 0.365 e. The van der Waals surface area contributed by atoms with Crippen LogP contribution >= 0.6 is 23.2 Å². The number of amides is 1. The van der Waals surface area contributed by atoms with Crippen LogP contribution in [-0.2, 0) is 16.4 Å². The lowest BCUT2D eigenvalue weighted by Crippen LogP contribution is -2.29. The lowest BCUT2D eigenvalue weighted by atomic mass is 10.2. The number of carbonyl (C=O) groups excluding carboxylic acids is 1. The highest BCUT2D eigenvalue weighted by molar-refractivity contribution is 7.90. The van der Waals surface area contributed by atoms with Crippen LogP contribution in [0.25, 0.3) is 0 Å². The van der Waals surface area contributed by atoms with Gasteiger partial charge in [-0.05, 0) is 29.8 Å². The molecule has 2 rings (SSSR count). The van der Waals surface area contributed by atoms with Crippen LogP contribution in [0.15, 0.2) is 35.4 Å². The number of aromatic nitrogens is 1. The van der Waals surface area contributed by atoms with E-state index in [9.17, 15) is 13.2 Å². The molecule has 0 saturated heterocycles. The van der Waals surface area contributed by atoms with E-state index in [1.807, 2.05) is 0 Å². The minimum absolute atomic E-state index is 0.0169. The van der Waals surface area contributed by atoms with E-state index in [0.717, 1.165) is 6.26 Å². The van der Waals surface area contributed by atoms with Crippen molar-refractivity contribution >= 4 is 38.9 Å². The normalized spacial score (nSPS) is 11.4. The van der Waals surface area contributed by atoms with Crippen LogP contribution < -0.4 is 11.2 Å². The molecule has 0 bridgehead atoms. The summed E-state index contributed by atoms with van der Waals surface area (Å²) in [5, 5.41) is 8.33.